The molecule has 0 aliphatic heterocycles. The summed E-state index contributed by atoms with van der Waals surface area (Å²) in [6, 6.07) is 7.23. The van der Waals surface area contributed by atoms with Crippen molar-refractivity contribution in [1.82, 2.24) is 5.32 Å². The summed E-state index contributed by atoms with van der Waals surface area (Å²) in [5, 5.41) is 3.45. The fourth-order valence-corrected chi connectivity index (χ4v) is 2.49. The minimum atomic E-state index is -2.37. The molecule has 1 N–H and O–H groups in total. The molecular formula is C14H19F2N. The second kappa shape index (κ2) is 5.58. The first-order valence-electron chi connectivity index (χ1n) is 6.25. The molecule has 1 aromatic carbocycles. The molecule has 1 aliphatic rings. The fraction of sp³-hybridized carbons (Fsp3) is 0.571. The van der Waals surface area contributed by atoms with E-state index in [9.17, 15) is 8.78 Å². The van der Waals surface area contributed by atoms with E-state index in [0.29, 0.717) is 12.6 Å². The summed E-state index contributed by atoms with van der Waals surface area (Å²) in [4.78, 5) is 0. The van der Waals surface area contributed by atoms with Crippen LogP contribution in [-0.2, 0) is 6.54 Å². The van der Waals surface area contributed by atoms with Crippen molar-refractivity contribution in [2.45, 2.75) is 45.2 Å². The largest absolute Gasteiger partial charge is 0.310 e. The van der Waals surface area contributed by atoms with Gasteiger partial charge < -0.3 is 5.32 Å². The average Bonchev–Trinajstić information content (AvgIpc) is 2.73. The molecule has 0 heterocycles. The van der Waals surface area contributed by atoms with Crippen molar-refractivity contribution in [2.75, 3.05) is 0 Å². The van der Waals surface area contributed by atoms with Gasteiger partial charge in [0.15, 0.2) is 0 Å². The Morgan fingerprint density at radius 3 is 2.82 bits per heavy atom. The quantitative estimate of drug-likeness (QED) is 0.840. The summed E-state index contributed by atoms with van der Waals surface area (Å²) in [5.74, 6) is 0.792. The fourth-order valence-electron chi connectivity index (χ4n) is 2.49. The van der Waals surface area contributed by atoms with Crippen LogP contribution in [0, 0.1) is 5.92 Å². The van der Waals surface area contributed by atoms with Gasteiger partial charge in [0, 0.05) is 18.2 Å². The Morgan fingerprint density at radius 2 is 2.18 bits per heavy atom. The Kier molecular flexibility index (Phi) is 4.11. The minimum absolute atomic E-state index is 0.115. The van der Waals surface area contributed by atoms with Gasteiger partial charge in [0.05, 0.1) is 0 Å². The van der Waals surface area contributed by atoms with Crippen LogP contribution in [0.4, 0.5) is 8.78 Å². The molecule has 17 heavy (non-hydrogen) atoms. The van der Waals surface area contributed by atoms with Gasteiger partial charge in [-0.25, -0.2) is 8.78 Å². The van der Waals surface area contributed by atoms with Crippen LogP contribution in [-0.4, -0.2) is 6.04 Å². The van der Waals surface area contributed by atoms with Gasteiger partial charge in [-0.05, 0) is 36.8 Å². The van der Waals surface area contributed by atoms with Crippen LogP contribution in [0.5, 0.6) is 0 Å². The predicted molar refractivity (Wildman–Crippen MR) is 65.0 cm³/mol. The number of hydrogen-bond donors (Lipinski definition) is 1. The first-order valence-corrected chi connectivity index (χ1v) is 6.25. The van der Waals surface area contributed by atoms with Crippen LogP contribution in [0.25, 0.3) is 0 Å². The van der Waals surface area contributed by atoms with Crippen LogP contribution in [0.2, 0.25) is 0 Å². The molecular weight excluding hydrogens is 220 g/mol. The van der Waals surface area contributed by atoms with Crippen LogP contribution in [0.3, 0.4) is 0 Å². The number of rotatable bonds is 4. The highest BCUT2D eigenvalue weighted by molar-refractivity contribution is 5.24. The van der Waals surface area contributed by atoms with E-state index in [0.717, 1.165) is 11.5 Å². The predicted octanol–water partition coefficient (Wildman–Crippen LogP) is 3.90. The zero-order valence-electron chi connectivity index (χ0n) is 10.1. The number of hydrogen-bond acceptors (Lipinski definition) is 1. The van der Waals surface area contributed by atoms with Crippen molar-refractivity contribution in [1.29, 1.82) is 0 Å². The van der Waals surface area contributed by atoms with Crippen LogP contribution < -0.4 is 5.32 Å². The molecule has 0 spiro atoms. The highest BCUT2D eigenvalue weighted by Gasteiger charge is 2.20. The molecule has 0 radical (unpaired) electrons. The van der Waals surface area contributed by atoms with Crippen LogP contribution in [0.15, 0.2) is 24.3 Å². The lowest BCUT2D eigenvalue weighted by Crippen LogP contribution is -2.25. The van der Waals surface area contributed by atoms with Crippen molar-refractivity contribution in [3.8, 4) is 0 Å². The lowest BCUT2D eigenvalue weighted by Gasteiger charge is -2.12. The third-order valence-electron chi connectivity index (χ3n) is 3.49. The molecule has 2 unspecified atom stereocenters. The number of alkyl halides is 2. The van der Waals surface area contributed by atoms with Gasteiger partial charge in [0.1, 0.15) is 0 Å². The molecule has 0 bridgehead atoms. The number of halogens is 2. The van der Waals surface area contributed by atoms with Gasteiger partial charge in [-0.1, -0.05) is 25.1 Å². The normalized spacial score (nSPS) is 24.5. The van der Waals surface area contributed by atoms with Gasteiger partial charge in [-0.15, -0.1) is 0 Å². The maximum Gasteiger partial charge on any atom is 0.263 e. The molecule has 1 saturated carbocycles. The summed E-state index contributed by atoms with van der Waals surface area (Å²) >= 11 is 0. The Morgan fingerprint density at radius 1 is 1.35 bits per heavy atom. The number of nitrogens with one attached hydrogen (secondary N) is 1. The summed E-state index contributed by atoms with van der Waals surface area (Å²) < 4.78 is 25.0. The highest BCUT2D eigenvalue weighted by atomic mass is 19.3. The Labute approximate surface area is 101 Å². The van der Waals surface area contributed by atoms with E-state index >= 15 is 0 Å². The first-order chi connectivity index (χ1) is 8.15. The van der Waals surface area contributed by atoms with Crippen molar-refractivity contribution in [3.05, 3.63) is 35.4 Å². The molecule has 2 atom stereocenters. The molecule has 1 nitrogen and oxygen atoms in total. The maximum atomic E-state index is 12.5. The summed E-state index contributed by atoms with van der Waals surface area (Å²) in [6.07, 6.45) is 1.31. The average molecular weight is 239 g/mol. The van der Waals surface area contributed by atoms with Gasteiger partial charge in [-0.3, -0.25) is 0 Å². The topological polar surface area (TPSA) is 12.0 Å². The third-order valence-corrected chi connectivity index (χ3v) is 3.49. The lowest BCUT2D eigenvalue weighted by molar-refractivity contribution is 0.151. The van der Waals surface area contributed by atoms with E-state index in [-0.39, 0.29) is 5.56 Å². The Hall–Kier alpha value is -0.960. The number of benzene rings is 1. The van der Waals surface area contributed by atoms with Crippen molar-refractivity contribution < 1.29 is 8.78 Å². The maximum absolute atomic E-state index is 12.5. The van der Waals surface area contributed by atoms with Crippen LogP contribution in [0.1, 0.15) is 43.7 Å². The van der Waals surface area contributed by atoms with E-state index in [2.05, 4.69) is 12.2 Å². The van der Waals surface area contributed by atoms with Gasteiger partial charge in [0.2, 0.25) is 0 Å². The molecule has 0 aromatic heterocycles. The van der Waals surface area contributed by atoms with E-state index < -0.39 is 6.43 Å². The highest BCUT2D eigenvalue weighted by Crippen LogP contribution is 2.25. The van der Waals surface area contributed by atoms with Crippen molar-refractivity contribution in [2.24, 2.45) is 5.92 Å². The lowest BCUT2D eigenvalue weighted by atomic mass is 10.1. The molecule has 1 aliphatic carbocycles. The van der Waals surface area contributed by atoms with Gasteiger partial charge in [0.25, 0.3) is 6.43 Å². The Bertz CT molecular complexity index is 365. The molecule has 1 fully saturated rings. The minimum Gasteiger partial charge on any atom is -0.310 e. The molecule has 94 valence electrons. The third kappa shape index (κ3) is 3.50. The SMILES string of the molecule is CC1CCC(NCc2cccc(C(F)F)c2)C1. The van der Waals surface area contributed by atoms with E-state index in [1.54, 1.807) is 12.1 Å². The monoisotopic (exact) mass is 239 g/mol. The van der Waals surface area contributed by atoms with Crippen LogP contribution >= 0.6 is 0 Å². The van der Waals surface area contributed by atoms with Gasteiger partial charge >= 0.3 is 0 Å². The molecule has 2 rings (SSSR count). The molecule has 3 heteroatoms. The van der Waals surface area contributed by atoms with E-state index in [4.69, 9.17) is 0 Å². The second-order valence-electron chi connectivity index (χ2n) is 5.04. The summed E-state index contributed by atoms with van der Waals surface area (Å²) in [7, 11) is 0. The van der Waals surface area contributed by atoms with E-state index in [1.165, 1.54) is 25.3 Å². The standard InChI is InChI=1S/C14H19F2N/c1-10-5-6-13(7-10)17-9-11-3-2-4-12(8-11)14(15)16/h2-4,8,10,13-14,17H,5-7,9H2,1H3. The zero-order chi connectivity index (χ0) is 12.3. The second-order valence-corrected chi connectivity index (χ2v) is 5.04. The molecule has 0 amide bonds. The van der Waals surface area contributed by atoms with Gasteiger partial charge in [-0.2, -0.15) is 0 Å². The molecule has 0 saturated heterocycles. The summed E-state index contributed by atoms with van der Waals surface area (Å²) in [6.45, 7) is 2.96. The Balaban J connectivity index is 1.88. The van der Waals surface area contributed by atoms with E-state index in [1.807, 2.05) is 6.07 Å². The smallest absolute Gasteiger partial charge is 0.263 e. The zero-order valence-corrected chi connectivity index (χ0v) is 10.1. The summed E-state index contributed by atoms with van der Waals surface area (Å²) in [5.41, 5.74) is 1.06. The van der Waals surface area contributed by atoms with Crippen molar-refractivity contribution in [3.63, 3.8) is 0 Å². The van der Waals surface area contributed by atoms with Crippen molar-refractivity contribution >= 4 is 0 Å². The molecule has 1 aromatic rings. The first kappa shape index (κ1) is 12.5.